The van der Waals surface area contributed by atoms with E-state index < -0.39 is 0 Å². The minimum Gasteiger partial charge on any atom is -0.469 e. The molecular formula is C9H8N2O2. The molecule has 0 bridgehead atoms. The number of nitrogens with zero attached hydrogens (tertiary/aromatic N) is 1. The lowest BCUT2D eigenvalue weighted by Crippen LogP contribution is -1.84. The van der Waals surface area contributed by atoms with Gasteiger partial charge in [-0.25, -0.2) is 0 Å². The molecule has 1 N–H and O–H groups in total. The van der Waals surface area contributed by atoms with E-state index in [0.717, 1.165) is 11.5 Å². The predicted octanol–water partition coefficient (Wildman–Crippen LogP) is 1.41. The number of aromatic nitrogens is 2. The maximum Gasteiger partial charge on any atom is 0.170 e. The maximum atomic E-state index is 10.3. The Morgan fingerprint density at radius 2 is 2.54 bits per heavy atom. The number of carbonyl (C=O) groups excluding carboxylic acids is 1. The van der Waals surface area contributed by atoms with Gasteiger partial charge in [-0.3, -0.25) is 9.89 Å². The molecule has 2 aromatic heterocycles. The van der Waals surface area contributed by atoms with E-state index in [1.807, 2.05) is 12.1 Å². The number of aromatic amines is 1. The van der Waals surface area contributed by atoms with Crippen molar-refractivity contribution >= 4 is 6.29 Å². The highest BCUT2D eigenvalue weighted by atomic mass is 16.3. The fourth-order valence-electron chi connectivity index (χ4n) is 1.13. The normalized spacial score (nSPS) is 10.2. The van der Waals surface area contributed by atoms with Gasteiger partial charge in [0.15, 0.2) is 6.29 Å². The number of nitrogens with one attached hydrogen (secondary N) is 1. The highest BCUT2D eigenvalue weighted by Crippen LogP contribution is 2.07. The van der Waals surface area contributed by atoms with Gasteiger partial charge < -0.3 is 4.42 Å². The monoisotopic (exact) mass is 176 g/mol. The summed E-state index contributed by atoms with van der Waals surface area (Å²) in [6.45, 7) is 0. The van der Waals surface area contributed by atoms with Gasteiger partial charge in [0.1, 0.15) is 11.5 Å². The summed E-state index contributed by atoms with van der Waals surface area (Å²) >= 11 is 0. The third-order valence-corrected chi connectivity index (χ3v) is 1.72. The van der Waals surface area contributed by atoms with E-state index in [9.17, 15) is 4.79 Å². The van der Waals surface area contributed by atoms with Crippen LogP contribution < -0.4 is 0 Å². The lowest BCUT2D eigenvalue weighted by Gasteiger charge is -1.90. The van der Waals surface area contributed by atoms with Crippen molar-refractivity contribution in [1.82, 2.24) is 10.2 Å². The largest absolute Gasteiger partial charge is 0.469 e. The molecule has 0 aliphatic rings. The van der Waals surface area contributed by atoms with Crippen LogP contribution in [0.15, 0.2) is 28.9 Å². The highest BCUT2D eigenvalue weighted by Gasteiger charge is 2.02. The van der Waals surface area contributed by atoms with E-state index >= 15 is 0 Å². The second-order valence-electron chi connectivity index (χ2n) is 2.69. The van der Waals surface area contributed by atoms with E-state index in [0.29, 0.717) is 18.4 Å². The average molecular weight is 176 g/mol. The van der Waals surface area contributed by atoms with Crippen molar-refractivity contribution in [2.75, 3.05) is 0 Å². The van der Waals surface area contributed by atoms with Crippen molar-refractivity contribution in [2.45, 2.75) is 6.42 Å². The molecule has 0 atom stereocenters. The van der Waals surface area contributed by atoms with Crippen LogP contribution in [0.2, 0.25) is 0 Å². The number of hydrogen-bond acceptors (Lipinski definition) is 3. The zero-order valence-electron chi connectivity index (χ0n) is 6.86. The minimum absolute atomic E-state index is 0.418. The number of rotatable bonds is 3. The van der Waals surface area contributed by atoms with Crippen LogP contribution in [-0.2, 0) is 6.42 Å². The third kappa shape index (κ3) is 1.66. The molecule has 0 saturated carbocycles. The molecule has 2 aromatic rings. The van der Waals surface area contributed by atoms with Crippen LogP contribution in [0.1, 0.15) is 21.9 Å². The number of furan rings is 1. The lowest BCUT2D eigenvalue weighted by molar-refractivity contribution is 0.111. The van der Waals surface area contributed by atoms with Crippen LogP contribution in [0.25, 0.3) is 0 Å². The molecule has 0 aliphatic carbocycles. The smallest absolute Gasteiger partial charge is 0.170 e. The van der Waals surface area contributed by atoms with Gasteiger partial charge in [0.05, 0.1) is 6.26 Å². The van der Waals surface area contributed by atoms with Crippen LogP contribution in [0.5, 0.6) is 0 Å². The Morgan fingerprint density at radius 1 is 1.62 bits per heavy atom. The molecule has 0 aliphatic heterocycles. The van der Waals surface area contributed by atoms with Gasteiger partial charge in [-0.2, -0.15) is 5.10 Å². The molecular weight excluding hydrogens is 168 g/mol. The lowest BCUT2D eigenvalue weighted by atomic mass is 10.2. The van der Waals surface area contributed by atoms with E-state index in [-0.39, 0.29) is 0 Å². The summed E-state index contributed by atoms with van der Waals surface area (Å²) in [5, 5.41) is 6.53. The van der Waals surface area contributed by atoms with Crippen molar-refractivity contribution in [3.05, 3.63) is 41.6 Å². The highest BCUT2D eigenvalue weighted by molar-refractivity contribution is 5.71. The molecule has 0 fully saturated rings. The number of H-pyrrole nitrogens is 1. The Hall–Kier alpha value is -1.84. The number of carbonyl (C=O) groups is 1. The molecule has 66 valence electrons. The molecule has 0 spiro atoms. The van der Waals surface area contributed by atoms with Gasteiger partial charge in [0.25, 0.3) is 0 Å². The van der Waals surface area contributed by atoms with E-state index in [4.69, 9.17) is 4.42 Å². The Balaban J connectivity index is 2.14. The zero-order valence-corrected chi connectivity index (χ0v) is 6.86. The van der Waals surface area contributed by atoms with Gasteiger partial charge >= 0.3 is 0 Å². The Bertz CT molecular complexity index is 389. The first kappa shape index (κ1) is 7.79. The average Bonchev–Trinajstić information content (AvgIpc) is 2.76. The standard InChI is InChI=1S/C9H8N2O2/c12-6-8-4-7(10-11-8)5-9-2-1-3-13-9/h1-4,6H,5H2,(H,10,11). The van der Waals surface area contributed by atoms with Crippen LogP contribution in [0.4, 0.5) is 0 Å². The second kappa shape index (κ2) is 3.26. The van der Waals surface area contributed by atoms with Crippen molar-refractivity contribution in [3.63, 3.8) is 0 Å². The molecule has 0 radical (unpaired) electrons. The van der Waals surface area contributed by atoms with Gasteiger partial charge in [-0.05, 0) is 18.2 Å². The Morgan fingerprint density at radius 3 is 3.15 bits per heavy atom. The van der Waals surface area contributed by atoms with Gasteiger partial charge in [0, 0.05) is 12.1 Å². The topological polar surface area (TPSA) is 58.9 Å². The zero-order chi connectivity index (χ0) is 9.10. The molecule has 0 saturated heterocycles. The molecule has 0 unspecified atom stereocenters. The summed E-state index contributed by atoms with van der Waals surface area (Å²) in [6, 6.07) is 5.41. The predicted molar refractivity (Wildman–Crippen MR) is 45.5 cm³/mol. The number of aldehydes is 1. The SMILES string of the molecule is O=Cc1cc(Cc2ccco2)[nH]n1. The Kier molecular flexibility index (Phi) is 1.96. The Labute approximate surface area is 74.6 Å². The van der Waals surface area contributed by atoms with Gasteiger partial charge in [-0.1, -0.05) is 0 Å². The summed E-state index contributed by atoms with van der Waals surface area (Å²) in [4.78, 5) is 10.3. The maximum absolute atomic E-state index is 10.3. The summed E-state index contributed by atoms with van der Waals surface area (Å²) in [6.07, 6.45) is 2.96. The van der Waals surface area contributed by atoms with Gasteiger partial charge in [0.2, 0.25) is 0 Å². The first-order valence-corrected chi connectivity index (χ1v) is 3.90. The molecule has 0 amide bonds. The van der Waals surface area contributed by atoms with Crippen LogP contribution in [0.3, 0.4) is 0 Å². The van der Waals surface area contributed by atoms with Crippen molar-refractivity contribution in [2.24, 2.45) is 0 Å². The third-order valence-electron chi connectivity index (χ3n) is 1.72. The van der Waals surface area contributed by atoms with Crippen LogP contribution in [0, 0.1) is 0 Å². The fourth-order valence-corrected chi connectivity index (χ4v) is 1.13. The molecule has 0 aromatic carbocycles. The molecule has 4 nitrogen and oxygen atoms in total. The quantitative estimate of drug-likeness (QED) is 0.719. The van der Waals surface area contributed by atoms with Crippen molar-refractivity contribution in [3.8, 4) is 0 Å². The van der Waals surface area contributed by atoms with E-state index in [1.54, 1.807) is 12.3 Å². The van der Waals surface area contributed by atoms with Gasteiger partial charge in [-0.15, -0.1) is 0 Å². The summed E-state index contributed by atoms with van der Waals surface area (Å²) < 4.78 is 5.14. The number of hydrogen-bond donors (Lipinski definition) is 1. The molecule has 2 heterocycles. The molecule has 13 heavy (non-hydrogen) atoms. The summed E-state index contributed by atoms with van der Waals surface area (Å²) in [5.74, 6) is 0.848. The van der Waals surface area contributed by atoms with Crippen molar-refractivity contribution in [1.29, 1.82) is 0 Å². The fraction of sp³-hybridized carbons (Fsp3) is 0.111. The summed E-state index contributed by atoms with van der Waals surface area (Å²) in [7, 11) is 0. The second-order valence-corrected chi connectivity index (χ2v) is 2.69. The van der Waals surface area contributed by atoms with Crippen LogP contribution >= 0.6 is 0 Å². The molecule has 4 heteroatoms. The summed E-state index contributed by atoms with van der Waals surface area (Å²) in [5.41, 5.74) is 1.29. The first-order valence-electron chi connectivity index (χ1n) is 3.90. The van der Waals surface area contributed by atoms with E-state index in [1.165, 1.54) is 0 Å². The van der Waals surface area contributed by atoms with E-state index in [2.05, 4.69) is 10.2 Å². The van der Waals surface area contributed by atoms with Crippen molar-refractivity contribution < 1.29 is 9.21 Å². The minimum atomic E-state index is 0.418. The molecule has 2 rings (SSSR count). The van der Waals surface area contributed by atoms with Crippen LogP contribution in [-0.4, -0.2) is 16.5 Å². The first-order chi connectivity index (χ1) is 6.38.